The maximum Gasteiger partial charge on any atom is 0.307 e. The van der Waals surface area contributed by atoms with Crippen LogP contribution in [0.3, 0.4) is 0 Å². The normalized spacial score (nSPS) is 10.1. The van der Waals surface area contributed by atoms with Gasteiger partial charge in [-0.15, -0.1) is 0 Å². The molecule has 0 bridgehead atoms. The van der Waals surface area contributed by atoms with Crippen molar-refractivity contribution in [3.05, 3.63) is 29.6 Å². The highest BCUT2D eigenvalue weighted by molar-refractivity contribution is 5.94. The van der Waals surface area contributed by atoms with Gasteiger partial charge in [-0.2, -0.15) is 4.39 Å². The summed E-state index contributed by atoms with van der Waals surface area (Å²) in [7, 11) is 1.39. The molecule has 0 aromatic carbocycles. The fourth-order valence-electron chi connectivity index (χ4n) is 1.38. The molecule has 1 rings (SSSR count). The molecule has 19 heavy (non-hydrogen) atoms. The molecule has 0 fully saturated rings. The van der Waals surface area contributed by atoms with Crippen LogP contribution in [0, 0.1) is 11.8 Å². The molecule has 1 amide bonds. The summed E-state index contributed by atoms with van der Waals surface area (Å²) in [6.07, 6.45) is 0.996. The van der Waals surface area contributed by atoms with E-state index in [-0.39, 0.29) is 19.6 Å². The Bertz CT molecular complexity index is 480. The van der Waals surface area contributed by atoms with Gasteiger partial charge in [-0.25, -0.2) is 9.37 Å². The van der Waals surface area contributed by atoms with E-state index >= 15 is 0 Å². The van der Waals surface area contributed by atoms with Crippen molar-refractivity contribution in [2.75, 3.05) is 20.2 Å². The molecule has 1 aromatic rings. The molecule has 1 aromatic heterocycles. The van der Waals surface area contributed by atoms with Gasteiger partial charge in [-0.05, 0) is 13.0 Å². The summed E-state index contributed by atoms with van der Waals surface area (Å²) in [5.74, 6) is -3.80. The van der Waals surface area contributed by atoms with Gasteiger partial charge >= 0.3 is 5.97 Å². The maximum atomic E-state index is 13.4. The van der Waals surface area contributed by atoms with Crippen LogP contribution in [0.15, 0.2) is 12.3 Å². The number of aromatic nitrogens is 1. The molecule has 1 heterocycles. The number of esters is 1. The minimum absolute atomic E-state index is 0.00867. The number of ether oxygens (including phenoxy) is 1. The number of halogens is 2. The summed E-state index contributed by atoms with van der Waals surface area (Å²) in [6, 6.07) is 1.08. The fourth-order valence-corrected chi connectivity index (χ4v) is 1.38. The lowest BCUT2D eigenvalue weighted by atomic mass is 10.2. The van der Waals surface area contributed by atoms with Crippen molar-refractivity contribution in [1.82, 2.24) is 9.88 Å². The number of carbonyl (C=O) groups excluding carboxylic acids is 2. The SMILES string of the molecule is CCOC(=O)CCN(C)C(=O)c1ccnc(F)c1F. The van der Waals surface area contributed by atoms with E-state index in [0.29, 0.717) is 0 Å². The van der Waals surface area contributed by atoms with Crippen molar-refractivity contribution in [2.24, 2.45) is 0 Å². The number of amides is 1. The van der Waals surface area contributed by atoms with Crippen molar-refractivity contribution < 1.29 is 23.1 Å². The van der Waals surface area contributed by atoms with Gasteiger partial charge in [0.15, 0.2) is 5.82 Å². The van der Waals surface area contributed by atoms with Crippen molar-refractivity contribution in [3.63, 3.8) is 0 Å². The molecule has 0 aliphatic carbocycles. The van der Waals surface area contributed by atoms with E-state index in [1.165, 1.54) is 7.05 Å². The summed E-state index contributed by atoms with van der Waals surface area (Å²) in [4.78, 5) is 27.2. The molecule has 0 atom stereocenters. The zero-order chi connectivity index (χ0) is 14.4. The monoisotopic (exact) mass is 272 g/mol. The highest BCUT2D eigenvalue weighted by Crippen LogP contribution is 2.11. The van der Waals surface area contributed by atoms with E-state index in [1.54, 1.807) is 6.92 Å². The van der Waals surface area contributed by atoms with Crippen molar-refractivity contribution in [1.29, 1.82) is 0 Å². The van der Waals surface area contributed by atoms with Crippen molar-refractivity contribution >= 4 is 11.9 Å². The van der Waals surface area contributed by atoms with Crippen LogP contribution in [0.2, 0.25) is 0 Å². The molecule has 0 radical (unpaired) electrons. The van der Waals surface area contributed by atoms with E-state index in [9.17, 15) is 18.4 Å². The minimum atomic E-state index is -1.33. The highest BCUT2D eigenvalue weighted by Gasteiger charge is 2.19. The molecule has 104 valence electrons. The summed E-state index contributed by atoms with van der Waals surface area (Å²) in [5.41, 5.74) is -0.418. The van der Waals surface area contributed by atoms with Crippen molar-refractivity contribution in [3.8, 4) is 0 Å². The van der Waals surface area contributed by atoms with Crippen LogP contribution >= 0.6 is 0 Å². The predicted octanol–water partition coefficient (Wildman–Crippen LogP) is 1.39. The summed E-state index contributed by atoms with van der Waals surface area (Å²) >= 11 is 0. The van der Waals surface area contributed by atoms with Gasteiger partial charge < -0.3 is 9.64 Å². The zero-order valence-corrected chi connectivity index (χ0v) is 10.7. The van der Waals surface area contributed by atoms with Crippen LogP contribution in [0.4, 0.5) is 8.78 Å². The molecule has 5 nitrogen and oxygen atoms in total. The van der Waals surface area contributed by atoms with E-state index in [1.807, 2.05) is 0 Å². The van der Waals surface area contributed by atoms with Gasteiger partial charge in [-0.1, -0.05) is 0 Å². The van der Waals surface area contributed by atoms with Crippen molar-refractivity contribution in [2.45, 2.75) is 13.3 Å². The van der Waals surface area contributed by atoms with Crippen LogP contribution in [-0.4, -0.2) is 42.0 Å². The van der Waals surface area contributed by atoms with Gasteiger partial charge in [0.1, 0.15) is 0 Å². The summed E-state index contributed by atoms with van der Waals surface area (Å²) in [6.45, 7) is 1.98. The summed E-state index contributed by atoms with van der Waals surface area (Å²) < 4.78 is 30.9. The zero-order valence-electron chi connectivity index (χ0n) is 10.7. The standard InChI is InChI=1S/C12H14F2N2O3/c1-3-19-9(17)5-7-16(2)12(18)8-4-6-15-11(14)10(8)13/h4,6H,3,5,7H2,1-2H3. The largest absolute Gasteiger partial charge is 0.466 e. The molecule has 0 aliphatic rings. The van der Waals surface area contributed by atoms with E-state index in [2.05, 4.69) is 4.98 Å². The molecule has 0 aliphatic heterocycles. The third kappa shape index (κ3) is 3.97. The molecule has 0 saturated heterocycles. The third-order valence-corrected chi connectivity index (χ3v) is 2.38. The first-order valence-corrected chi connectivity index (χ1v) is 5.68. The lowest BCUT2D eigenvalue weighted by molar-refractivity contribution is -0.143. The molecule has 0 spiro atoms. The molecule has 0 saturated carbocycles. The Morgan fingerprint density at radius 3 is 2.74 bits per heavy atom. The van der Waals surface area contributed by atoms with E-state index in [0.717, 1.165) is 17.2 Å². The van der Waals surface area contributed by atoms with Crippen LogP contribution in [0.1, 0.15) is 23.7 Å². The number of rotatable bonds is 5. The smallest absolute Gasteiger partial charge is 0.307 e. The number of nitrogens with zero attached hydrogens (tertiary/aromatic N) is 2. The number of hydrogen-bond acceptors (Lipinski definition) is 4. The second-order valence-corrected chi connectivity index (χ2v) is 3.75. The first-order chi connectivity index (χ1) is 8.97. The molecule has 0 N–H and O–H groups in total. The Labute approximate surface area is 109 Å². The predicted molar refractivity (Wildman–Crippen MR) is 62.4 cm³/mol. The Morgan fingerprint density at radius 1 is 1.42 bits per heavy atom. The molecular weight excluding hydrogens is 258 g/mol. The van der Waals surface area contributed by atoms with E-state index in [4.69, 9.17) is 4.74 Å². The first-order valence-electron chi connectivity index (χ1n) is 5.68. The Hall–Kier alpha value is -2.05. The Balaban J connectivity index is 2.67. The third-order valence-electron chi connectivity index (χ3n) is 2.38. The summed E-state index contributed by atoms with van der Waals surface area (Å²) in [5, 5.41) is 0. The van der Waals surface area contributed by atoms with E-state index < -0.39 is 29.2 Å². The van der Waals surface area contributed by atoms with Gasteiger partial charge in [0, 0.05) is 19.8 Å². The van der Waals surface area contributed by atoms with Gasteiger partial charge in [0.25, 0.3) is 5.91 Å². The second-order valence-electron chi connectivity index (χ2n) is 3.75. The lowest BCUT2D eigenvalue weighted by Crippen LogP contribution is -2.30. The fraction of sp³-hybridized carbons (Fsp3) is 0.417. The number of carbonyl (C=O) groups is 2. The Morgan fingerprint density at radius 2 is 2.11 bits per heavy atom. The highest BCUT2D eigenvalue weighted by atomic mass is 19.2. The minimum Gasteiger partial charge on any atom is -0.466 e. The van der Waals surface area contributed by atoms with Crippen LogP contribution in [0.5, 0.6) is 0 Å². The molecule has 0 unspecified atom stereocenters. The van der Waals surface area contributed by atoms with Crippen LogP contribution < -0.4 is 0 Å². The van der Waals surface area contributed by atoms with Gasteiger partial charge in [0.2, 0.25) is 5.95 Å². The van der Waals surface area contributed by atoms with Crippen LogP contribution in [-0.2, 0) is 9.53 Å². The molecule has 7 heteroatoms. The first kappa shape index (κ1) is 15.0. The van der Waals surface area contributed by atoms with Gasteiger partial charge in [-0.3, -0.25) is 9.59 Å². The van der Waals surface area contributed by atoms with Gasteiger partial charge in [0.05, 0.1) is 18.6 Å². The Kier molecular flexibility index (Phi) is 5.35. The quantitative estimate of drug-likeness (QED) is 0.600. The lowest BCUT2D eigenvalue weighted by Gasteiger charge is -2.16. The number of hydrogen-bond donors (Lipinski definition) is 0. The van der Waals surface area contributed by atoms with Crippen LogP contribution in [0.25, 0.3) is 0 Å². The second kappa shape index (κ2) is 6.77. The molecular formula is C12H14F2N2O3. The average Bonchev–Trinajstić information content (AvgIpc) is 2.38. The maximum absolute atomic E-state index is 13.4. The average molecular weight is 272 g/mol. The number of pyridine rings is 1. The topological polar surface area (TPSA) is 59.5 Å².